The summed E-state index contributed by atoms with van der Waals surface area (Å²) in [5.74, 6) is 2.30. The van der Waals surface area contributed by atoms with E-state index in [9.17, 15) is 0 Å². The van der Waals surface area contributed by atoms with E-state index in [2.05, 4.69) is 71.2 Å². The number of rotatable bonds is 2. The van der Waals surface area contributed by atoms with Crippen LogP contribution in [-0.2, 0) is 0 Å². The van der Waals surface area contributed by atoms with Crippen molar-refractivity contribution in [3.63, 3.8) is 0 Å². The van der Waals surface area contributed by atoms with Gasteiger partial charge in [-0.25, -0.2) is 0 Å². The van der Waals surface area contributed by atoms with E-state index >= 15 is 0 Å². The van der Waals surface area contributed by atoms with Crippen LogP contribution in [0.1, 0.15) is 11.1 Å². The first-order valence-electron chi connectivity index (χ1n) is 8.35. The molecule has 4 heteroatoms. The van der Waals surface area contributed by atoms with Crippen LogP contribution in [-0.4, -0.2) is 58.0 Å². The Morgan fingerprint density at radius 3 is 2.54 bits per heavy atom. The van der Waals surface area contributed by atoms with Gasteiger partial charge in [-0.2, -0.15) is 0 Å². The van der Waals surface area contributed by atoms with Gasteiger partial charge < -0.3 is 0 Å². The molecule has 0 unspecified atom stereocenters. The zero-order valence-electron chi connectivity index (χ0n) is 14.2. The Kier molecular flexibility index (Phi) is 4.73. The van der Waals surface area contributed by atoms with Crippen LogP contribution in [0.4, 0.5) is 0 Å². The van der Waals surface area contributed by atoms with Crippen molar-refractivity contribution in [1.29, 1.82) is 0 Å². The van der Waals surface area contributed by atoms with Gasteiger partial charge in [-0.1, -0.05) is 0 Å². The average molecular weight is 401 g/mol. The second-order valence-electron chi connectivity index (χ2n) is 6.32. The van der Waals surface area contributed by atoms with Crippen molar-refractivity contribution in [2.75, 3.05) is 33.2 Å². The Balaban J connectivity index is 1.83. The van der Waals surface area contributed by atoms with E-state index in [1.54, 1.807) is 0 Å². The predicted molar refractivity (Wildman–Crippen MR) is 105 cm³/mol. The van der Waals surface area contributed by atoms with Gasteiger partial charge in [-0.3, -0.25) is 0 Å². The maximum absolute atomic E-state index is 2.58. The van der Waals surface area contributed by atoms with Gasteiger partial charge in [0.25, 0.3) is 0 Å². The summed E-state index contributed by atoms with van der Waals surface area (Å²) in [6.07, 6.45) is 2.41. The van der Waals surface area contributed by atoms with Crippen molar-refractivity contribution >= 4 is 43.0 Å². The van der Waals surface area contributed by atoms with Crippen LogP contribution < -0.4 is 4.46 Å². The predicted octanol–water partition coefficient (Wildman–Crippen LogP) is 3.27. The quantitative estimate of drug-likeness (QED) is 0.714. The van der Waals surface area contributed by atoms with Crippen molar-refractivity contribution in [3.8, 4) is 0 Å². The molecule has 24 heavy (non-hydrogen) atoms. The molecular formula is C20H22N2SSe. The molecule has 0 spiro atoms. The van der Waals surface area contributed by atoms with Gasteiger partial charge in [-0.05, 0) is 0 Å². The Hall–Kier alpha value is -1.19. The summed E-state index contributed by atoms with van der Waals surface area (Å²) in [6.45, 7) is 4.49. The second kappa shape index (κ2) is 6.97. The molecule has 2 aromatic carbocycles. The monoisotopic (exact) mass is 402 g/mol. The summed E-state index contributed by atoms with van der Waals surface area (Å²) in [5, 5.41) is 0. The van der Waals surface area contributed by atoms with Gasteiger partial charge in [0.05, 0.1) is 0 Å². The molecule has 0 aliphatic carbocycles. The molecule has 0 atom stereocenters. The van der Waals surface area contributed by atoms with Gasteiger partial charge in [0.1, 0.15) is 0 Å². The first kappa shape index (κ1) is 16.3. The van der Waals surface area contributed by atoms with Crippen LogP contribution in [0.25, 0.3) is 11.8 Å². The van der Waals surface area contributed by atoms with Crippen LogP contribution in [0.5, 0.6) is 0 Å². The molecule has 2 aliphatic rings. The van der Waals surface area contributed by atoms with E-state index in [1.807, 2.05) is 11.8 Å². The molecular weight excluding hydrogens is 379 g/mol. The average Bonchev–Trinajstić information content (AvgIpc) is 2.78. The van der Waals surface area contributed by atoms with E-state index in [1.165, 1.54) is 31.1 Å². The number of benzene rings is 2. The van der Waals surface area contributed by atoms with Gasteiger partial charge in [0.2, 0.25) is 0 Å². The number of nitrogens with zero attached hydrogens (tertiary/aromatic N) is 2. The summed E-state index contributed by atoms with van der Waals surface area (Å²) < 4.78 is 1.48. The van der Waals surface area contributed by atoms with Gasteiger partial charge in [0.15, 0.2) is 0 Å². The fraction of sp³-hybridized carbons (Fsp3) is 0.300. The van der Waals surface area contributed by atoms with E-state index in [0.29, 0.717) is 15.0 Å². The summed E-state index contributed by atoms with van der Waals surface area (Å²) >= 11 is 2.44. The van der Waals surface area contributed by atoms with Crippen molar-refractivity contribution in [2.24, 2.45) is 0 Å². The van der Waals surface area contributed by atoms with Crippen LogP contribution in [0, 0.1) is 0 Å². The molecule has 1 saturated heterocycles. The molecule has 0 amide bonds. The van der Waals surface area contributed by atoms with Crippen molar-refractivity contribution in [2.45, 2.75) is 15.6 Å². The van der Waals surface area contributed by atoms with Crippen LogP contribution in [0.2, 0.25) is 5.82 Å². The molecule has 2 aromatic rings. The number of fused-ring (bicyclic) bond motifs is 2. The van der Waals surface area contributed by atoms with Gasteiger partial charge in [-0.15, -0.1) is 0 Å². The Labute approximate surface area is 155 Å². The number of piperazine rings is 1. The molecule has 124 valence electrons. The molecule has 2 nitrogen and oxygen atoms in total. The molecule has 0 saturated carbocycles. The zero-order chi connectivity index (χ0) is 16.5. The van der Waals surface area contributed by atoms with E-state index in [0.717, 1.165) is 26.2 Å². The second-order valence-corrected chi connectivity index (χ2v) is 9.25. The van der Waals surface area contributed by atoms with E-state index in [4.69, 9.17) is 0 Å². The minimum absolute atomic E-state index is 0.534. The van der Waals surface area contributed by atoms with Crippen LogP contribution in [0.3, 0.4) is 0 Å². The first-order valence-corrected chi connectivity index (χ1v) is 11.7. The number of hydrogen-bond acceptors (Lipinski definition) is 3. The maximum atomic E-state index is 2.58. The fourth-order valence-electron chi connectivity index (χ4n) is 3.27. The summed E-state index contributed by atoms with van der Waals surface area (Å²) in [6, 6.07) is 15.8. The molecule has 0 radical (unpaired) electrons. The van der Waals surface area contributed by atoms with Crippen LogP contribution in [0.15, 0.2) is 52.3 Å². The van der Waals surface area contributed by atoms with Gasteiger partial charge in [0, 0.05) is 0 Å². The third-order valence-corrected chi connectivity index (χ3v) is 7.43. The normalized spacial score (nSPS) is 17.8. The van der Waals surface area contributed by atoms with E-state index in [-0.39, 0.29) is 0 Å². The topological polar surface area (TPSA) is 6.48 Å². The number of likely N-dealkylation sites (N-methyl/N-ethyl adjacent to an activating group) is 1. The summed E-state index contributed by atoms with van der Waals surface area (Å²) in [4.78, 5) is 7.74. The SMILES string of the molecule is C[Se]c1ccc2c(c1)C(N1CCN(C)CC1)=Cc1ccccc1S2. The minimum atomic E-state index is 0.534. The Morgan fingerprint density at radius 1 is 0.958 bits per heavy atom. The third-order valence-electron chi connectivity index (χ3n) is 4.74. The summed E-state index contributed by atoms with van der Waals surface area (Å²) in [5.41, 5.74) is 4.17. The molecule has 2 aliphatic heterocycles. The van der Waals surface area contributed by atoms with Crippen molar-refractivity contribution < 1.29 is 0 Å². The summed E-state index contributed by atoms with van der Waals surface area (Å²) in [7, 11) is 2.22. The third kappa shape index (κ3) is 3.16. The Morgan fingerprint density at radius 2 is 1.75 bits per heavy atom. The van der Waals surface area contributed by atoms with Gasteiger partial charge >= 0.3 is 155 Å². The first-order chi connectivity index (χ1) is 11.7. The molecule has 0 bridgehead atoms. The fourth-order valence-corrected chi connectivity index (χ4v) is 5.23. The molecule has 2 heterocycles. The molecule has 0 aromatic heterocycles. The van der Waals surface area contributed by atoms with Crippen molar-refractivity contribution in [1.82, 2.24) is 9.80 Å². The zero-order valence-corrected chi connectivity index (χ0v) is 16.7. The van der Waals surface area contributed by atoms with Crippen LogP contribution >= 0.6 is 11.8 Å². The van der Waals surface area contributed by atoms with E-state index < -0.39 is 0 Å². The number of hydrogen-bond donors (Lipinski definition) is 0. The standard InChI is InChI=1S/C20H22N2SSe/c1-21-9-11-22(12-10-21)18-13-15-5-3-4-6-19(15)23-20-8-7-16(24-2)14-17(18)20/h3-8,13-14H,9-12H2,1-2H3. The molecule has 0 N–H and O–H groups in total. The van der Waals surface area contributed by atoms with Crippen molar-refractivity contribution in [3.05, 3.63) is 53.6 Å². The molecule has 4 rings (SSSR count). The molecule has 1 fully saturated rings. The Bertz CT molecular complexity index is 779.